The minimum Gasteiger partial charge on any atom is -0.463 e. The van der Waals surface area contributed by atoms with Gasteiger partial charge in [0, 0.05) is 17.0 Å². The maximum absolute atomic E-state index is 13.3. The highest BCUT2D eigenvalue weighted by Gasteiger charge is 2.61. The predicted octanol–water partition coefficient (Wildman–Crippen LogP) is 4.28. The Kier molecular flexibility index (Phi) is 3.04. The molecule has 3 aromatic rings. The highest BCUT2D eigenvalue weighted by molar-refractivity contribution is 6.31. The highest BCUT2D eigenvalue weighted by atomic mass is 35.5. The summed E-state index contributed by atoms with van der Waals surface area (Å²) < 4.78 is 11.9. The van der Waals surface area contributed by atoms with Gasteiger partial charge in [0.1, 0.15) is 17.2 Å². The van der Waals surface area contributed by atoms with Crippen LogP contribution in [0.15, 0.2) is 70.4 Å². The Bertz CT molecular complexity index is 1160. The van der Waals surface area contributed by atoms with Crippen LogP contribution >= 0.6 is 11.6 Å². The van der Waals surface area contributed by atoms with Crippen LogP contribution in [0.25, 0.3) is 0 Å². The van der Waals surface area contributed by atoms with Gasteiger partial charge in [-0.3, -0.25) is 4.79 Å². The molecule has 28 heavy (non-hydrogen) atoms. The van der Waals surface area contributed by atoms with Gasteiger partial charge < -0.3 is 14.5 Å². The summed E-state index contributed by atoms with van der Waals surface area (Å²) in [6.45, 7) is 0. The van der Waals surface area contributed by atoms with Crippen molar-refractivity contribution < 1.29 is 13.9 Å². The molecule has 1 amide bonds. The van der Waals surface area contributed by atoms with Crippen molar-refractivity contribution in [1.29, 1.82) is 0 Å². The second kappa shape index (κ2) is 5.39. The summed E-state index contributed by atoms with van der Waals surface area (Å²) in [5.74, 6) is 1.07. The van der Waals surface area contributed by atoms with Crippen molar-refractivity contribution >= 4 is 28.9 Å². The molecule has 4 heterocycles. The quantitative estimate of drug-likeness (QED) is 0.672. The van der Waals surface area contributed by atoms with Gasteiger partial charge in [-0.2, -0.15) is 5.10 Å². The first-order chi connectivity index (χ1) is 13.7. The van der Waals surface area contributed by atoms with E-state index < -0.39 is 5.72 Å². The lowest BCUT2D eigenvalue weighted by atomic mass is 9.93. The Morgan fingerprint density at radius 3 is 2.93 bits per heavy atom. The van der Waals surface area contributed by atoms with E-state index in [2.05, 4.69) is 5.32 Å². The van der Waals surface area contributed by atoms with Crippen LogP contribution in [0.4, 0.5) is 5.69 Å². The van der Waals surface area contributed by atoms with Crippen LogP contribution < -0.4 is 10.1 Å². The summed E-state index contributed by atoms with van der Waals surface area (Å²) in [7, 11) is 0. The molecular formula is C21H14ClN3O3. The van der Waals surface area contributed by atoms with E-state index in [4.69, 9.17) is 25.9 Å². The first-order valence-electron chi connectivity index (χ1n) is 8.97. The van der Waals surface area contributed by atoms with Crippen molar-refractivity contribution in [1.82, 2.24) is 5.01 Å². The number of benzene rings is 2. The molecule has 7 heteroatoms. The third kappa shape index (κ3) is 1.93. The Labute approximate surface area is 165 Å². The Hall–Kier alpha value is -3.25. The SMILES string of the molecule is O=C1Nc2ccc(Cl)cc2C12Oc1ccccc1C1CC(c3ccco3)=NN12. The van der Waals surface area contributed by atoms with Gasteiger partial charge in [-0.25, -0.2) is 5.01 Å². The molecule has 0 fully saturated rings. The third-order valence-corrected chi connectivity index (χ3v) is 5.71. The molecule has 6 rings (SSSR count). The van der Waals surface area contributed by atoms with Crippen molar-refractivity contribution in [2.24, 2.45) is 5.10 Å². The molecular weight excluding hydrogens is 378 g/mol. The maximum Gasteiger partial charge on any atom is 0.306 e. The number of nitrogens with zero attached hydrogens (tertiary/aromatic N) is 2. The zero-order valence-corrected chi connectivity index (χ0v) is 15.3. The monoisotopic (exact) mass is 391 g/mol. The molecule has 0 bridgehead atoms. The molecule has 6 nitrogen and oxygen atoms in total. The highest BCUT2D eigenvalue weighted by Crippen LogP contribution is 2.54. The van der Waals surface area contributed by atoms with E-state index in [9.17, 15) is 4.79 Å². The van der Waals surface area contributed by atoms with Gasteiger partial charge in [0.2, 0.25) is 0 Å². The number of hydrazone groups is 1. The number of hydrogen-bond acceptors (Lipinski definition) is 5. The molecule has 3 aliphatic heterocycles. The third-order valence-electron chi connectivity index (χ3n) is 5.48. The number of amides is 1. The van der Waals surface area contributed by atoms with Gasteiger partial charge in [0.15, 0.2) is 0 Å². The van der Waals surface area contributed by atoms with E-state index in [0.717, 1.165) is 11.3 Å². The molecule has 2 aromatic carbocycles. The molecule has 138 valence electrons. The van der Waals surface area contributed by atoms with Crippen molar-refractivity contribution in [3.05, 3.63) is 82.8 Å². The number of anilines is 1. The van der Waals surface area contributed by atoms with Gasteiger partial charge in [-0.1, -0.05) is 29.8 Å². The number of carbonyl (C=O) groups is 1. The number of furan rings is 1. The lowest BCUT2D eigenvalue weighted by molar-refractivity contribution is -0.161. The fourth-order valence-electron chi connectivity index (χ4n) is 4.25. The van der Waals surface area contributed by atoms with Gasteiger partial charge >= 0.3 is 5.72 Å². The van der Waals surface area contributed by atoms with Crippen LogP contribution in [0.1, 0.15) is 29.3 Å². The van der Waals surface area contributed by atoms with Crippen LogP contribution in [-0.2, 0) is 10.5 Å². The molecule has 0 saturated heterocycles. The summed E-state index contributed by atoms with van der Waals surface area (Å²) in [5.41, 5.74) is 1.69. The number of nitrogens with one attached hydrogen (secondary N) is 1. The average molecular weight is 392 g/mol. The zero-order valence-electron chi connectivity index (χ0n) is 14.6. The lowest BCUT2D eigenvalue weighted by Gasteiger charge is -2.43. The molecule has 0 aliphatic carbocycles. The fraction of sp³-hybridized carbons (Fsp3) is 0.143. The normalized spacial score (nSPS) is 24.3. The van der Waals surface area contributed by atoms with E-state index in [1.165, 1.54) is 0 Å². The number of rotatable bonds is 1. The Morgan fingerprint density at radius 1 is 1.18 bits per heavy atom. The molecule has 1 N–H and O–H groups in total. The largest absolute Gasteiger partial charge is 0.463 e. The molecule has 2 atom stereocenters. The van der Waals surface area contributed by atoms with Crippen LogP contribution in [0.5, 0.6) is 5.75 Å². The molecule has 3 aliphatic rings. The van der Waals surface area contributed by atoms with Crippen LogP contribution in [0.3, 0.4) is 0 Å². The summed E-state index contributed by atoms with van der Waals surface area (Å²) in [4.78, 5) is 13.3. The topological polar surface area (TPSA) is 67.1 Å². The molecule has 0 radical (unpaired) electrons. The van der Waals surface area contributed by atoms with Crippen LogP contribution in [0, 0.1) is 0 Å². The number of carbonyl (C=O) groups excluding carboxylic acids is 1. The van der Waals surface area contributed by atoms with Crippen LogP contribution in [-0.4, -0.2) is 16.6 Å². The second-order valence-electron chi connectivity index (χ2n) is 7.02. The first-order valence-corrected chi connectivity index (χ1v) is 9.35. The van der Waals surface area contributed by atoms with Gasteiger partial charge in [-0.15, -0.1) is 0 Å². The number of ether oxygens (including phenoxy) is 1. The van der Waals surface area contributed by atoms with Gasteiger partial charge in [0.25, 0.3) is 5.91 Å². The van der Waals surface area contributed by atoms with E-state index in [1.807, 2.05) is 36.4 Å². The minimum atomic E-state index is -1.41. The number of fused-ring (bicyclic) bond motifs is 6. The summed E-state index contributed by atoms with van der Waals surface area (Å²) in [6, 6.07) is 16.6. The summed E-state index contributed by atoms with van der Waals surface area (Å²) >= 11 is 6.26. The number of para-hydroxylation sites is 1. The fourth-order valence-corrected chi connectivity index (χ4v) is 4.43. The summed E-state index contributed by atoms with van der Waals surface area (Å²) in [6.07, 6.45) is 2.23. The van der Waals surface area contributed by atoms with Gasteiger partial charge in [0.05, 0.1) is 23.6 Å². The number of hydrogen-bond donors (Lipinski definition) is 1. The van der Waals surface area contributed by atoms with E-state index in [-0.39, 0.29) is 11.9 Å². The van der Waals surface area contributed by atoms with E-state index >= 15 is 0 Å². The Morgan fingerprint density at radius 2 is 2.07 bits per heavy atom. The lowest BCUT2D eigenvalue weighted by Crippen LogP contribution is -2.55. The van der Waals surface area contributed by atoms with Crippen molar-refractivity contribution in [3.8, 4) is 5.75 Å². The maximum atomic E-state index is 13.3. The minimum absolute atomic E-state index is 0.152. The molecule has 1 spiro atoms. The van der Waals surface area contributed by atoms with Crippen molar-refractivity contribution in [3.63, 3.8) is 0 Å². The molecule has 0 saturated carbocycles. The average Bonchev–Trinajstić information content (AvgIpc) is 3.42. The zero-order chi connectivity index (χ0) is 18.9. The van der Waals surface area contributed by atoms with Gasteiger partial charge in [-0.05, 0) is 36.4 Å². The van der Waals surface area contributed by atoms with E-state index in [1.54, 1.807) is 29.5 Å². The number of halogens is 1. The first kappa shape index (κ1) is 15.8. The standard InChI is InChI=1S/C21H14ClN3O3/c22-12-7-8-15-14(10-12)21(20(26)23-15)25-17(13-4-1-2-5-18(13)28-21)11-16(24-25)19-6-3-9-27-19/h1-10,17H,11H2,(H,23,26). The Balaban J connectivity index is 1.60. The summed E-state index contributed by atoms with van der Waals surface area (Å²) in [5, 5.41) is 10.00. The van der Waals surface area contributed by atoms with Crippen molar-refractivity contribution in [2.75, 3.05) is 5.32 Å². The molecule has 1 aromatic heterocycles. The second-order valence-corrected chi connectivity index (χ2v) is 7.45. The van der Waals surface area contributed by atoms with E-state index in [0.29, 0.717) is 34.2 Å². The smallest absolute Gasteiger partial charge is 0.306 e. The molecule has 2 unspecified atom stereocenters. The van der Waals surface area contributed by atoms with Crippen molar-refractivity contribution in [2.45, 2.75) is 18.2 Å². The predicted molar refractivity (Wildman–Crippen MR) is 103 cm³/mol. The van der Waals surface area contributed by atoms with Crippen LogP contribution in [0.2, 0.25) is 5.02 Å².